The van der Waals surface area contributed by atoms with E-state index in [1.54, 1.807) is 38.5 Å². The molecule has 12 heteroatoms. The van der Waals surface area contributed by atoms with Crippen LogP contribution in [0, 0.1) is 0 Å². The minimum Gasteiger partial charge on any atom is -0.497 e. The molecule has 0 saturated carbocycles. The standard InChI is InChI=1S/2C18H18ClN3O2/c2*1-24-11-4-2-10(3-5-11)17-21-18(23)12-6-7-13(19)15-14(20)8-9-22(17)16(12)15/h2*2-7,14,17H,8-9,20H2,1H3,(H,21,23)/t2*14-,17+/m10/s1. The zero-order valence-electron chi connectivity index (χ0n) is 26.5. The van der Waals surface area contributed by atoms with E-state index in [4.69, 9.17) is 44.1 Å². The second-order valence-corrected chi connectivity index (χ2v) is 13.0. The van der Waals surface area contributed by atoms with Crippen LogP contribution in [0.15, 0.2) is 72.8 Å². The first-order valence-electron chi connectivity index (χ1n) is 15.8. The number of amides is 2. The SMILES string of the molecule is COc1ccc([C@@H]2NC(=O)c3ccc(Cl)c4c3N2CC[C@@H]4N)cc1.COc1ccc([C@H]2NC(=O)c3ccc(Cl)c4c3N2CC[C@H]4N)cc1. The summed E-state index contributed by atoms with van der Waals surface area (Å²) in [6, 6.07) is 22.2. The molecule has 8 rings (SSSR count). The van der Waals surface area contributed by atoms with Gasteiger partial charge in [-0.15, -0.1) is 0 Å². The Labute approximate surface area is 288 Å². The van der Waals surface area contributed by atoms with E-state index in [-0.39, 0.29) is 36.2 Å². The summed E-state index contributed by atoms with van der Waals surface area (Å²) in [5, 5.41) is 7.41. The van der Waals surface area contributed by atoms with Crippen LogP contribution in [0.5, 0.6) is 11.5 Å². The minimum absolute atomic E-state index is 0.103. The number of halogens is 2. The molecule has 4 aliphatic rings. The number of nitrogens with zero attached hydrogens (tertiary/aromatic N) is 2. The van der Waals surface area contributed by atoms with Gasteiger partial charge in [-0.3, -0.25) is 9.59 Å². The third kappa shape index (κ3) is 5.48. The quantitative estimate of drug-likeness (QED) is 0.205. The van der Waals surface area contributed by atoms with E-state index in [1.165, 1.54) is 0 Å². The number of benzene rings is 4. The summed E-state index contributed by atoms with van der Waals surface area (Å²) in [4.78, 5) is 29.6. The van der Waals surface area contributed by atoms with Crippen LogP contribution in [0.2, 0.25) is 10.0 Å². The van der Waals surface area contributed by atoms with E-state index in [1.807, 2.05) is 48.5 Å². The van der Waals surface area contributed by atoms with Gasteiger partial charge in [0.25, 0.3) is 11.8 Å². The fraction of sp³-hybridized carbons (Fsp3) is 0.278. The lowest BCUT2D eigenvalue weighted by Crippen LogP contribution is -2.49. The van der Waals surface area contributed by atoms with Crippen LogP contribution in [0.3, 0.4) is 0 Å². The maximum atomic E-state index is 12.6. The van der Waals surface area contributed by atoms with Crippen molar-refractivity contribution in [2.45, 2.75) is 37.3 Å². The first-order chi connectivity index (χ1) is 23.2. The van der Waals surface area contributed by atoms with Crippen LogP contribution >= 0.6 is 23.2 Å². The van der Waals surface area contributed by atoms with E-state index in [0.717, 1.165) is 71.1 Å². The van der Waals surface area contributed by atoms with Gasteiger partial charge in [0.15, 0.2) is 0 Å². The van der Waals surface area contributed by atoms with E-state index >= 15 is 0 Å². The van der Waals surface area contributed by atoms with Crippen molar-refractivity contribution in [3.8, 4) is 11.5 Å². The molecule has 0 spiro atoms. The van der Waals surface area contributed by atoms with Crippen molar-refractivity contribution in [3.05, 3.63) is 116 Å². The van der Waals surface area contributed by atoms with Crippen molar-refractivity contribution < 1.29 is 19.1 Å². The zero-order valence-corrected chi connectivity index (χ0v) is 28.0. The lowest BCUT2D eigenvalue weighted by molar-refractivity contribution is 0.0916. The Kier molecular flexibility index (Phi) is 8.59. The number of hydrogen-bond acceptors (Lipinski definition) is 8. The Balaban J connectivity index is 0.000000152. The zero-order chi connectivity index (χ0) is 33.7. The molecule has 4 aromatic rings. The lowest BCUT2D eigenvalue weighted by Gasteiger charge is -2.44. The molecule has 2 amide bonds. The molecule has 0 unspecified atom stereocenters. The molecule has 6 N–H and O–H groups in total. The number of nitrogens with two attached hydrogens (primary N) is 2. The van der Waals surface area contributed by atoms with Crippen molar-refractivity contribution in [2.24, 2.45) is 11.5 Å². The van der Waals surface area contributed by atoms with Gasteiger partial charge in [-0.1, -0.05) is 47.5 Å². The van der Waals surface area contributed by atoms with Gasteiger partial charge in [0, 0.05) is 46.3 Å². The first kappa shape index (κ1) is 32.1. The van der Waals surface area contributed by atoms with Crippen LogP contribution in [0.1, 0.15) is 80.2 Å². The molecule has 0 fully saturated rings. The molecular formula is C36H36Cl2N6O4. The molecule has 0 bridgehead atoms. The fourth-order valence-electron chi connectivity index (χ4n) is 7.10. The van der Waals surface area contributed by atoms with E-state index < -0.39 is 0 Å². The monoisotopic (exact) mass is 686 g/mol. The van der Waals surface area contributed by atoms with Gasteiger partial charge < -0.3 is 41.4 Å². The molecule has 0 aromatic heterocycles. The number of carbonyl (C=O) groups is 2. The Morgan fingerprint density at radius 2 is 1.00 bits per heavy atom. The number of anilines is 2. The number of rotatable bonds is 4. The highest BCUT2D eigenvalue weighted by Crippen LogP contribution is 2.46. The van der Waals surface area contributed by atoms with Gasteiger partial charge in [-0.25, -0.2) is 0 Å². The second-order valence-electron chi connectivity index (χ2n) is 12.2. The van der Waals surface area contributed by atoms with Gasteiger partial charge in [0.05, 0.1) is 36.7 Å². The number of ether oxygens (including phenoxy) is 2. The summed E-state index contributed by atoms with van der Waals surface area (Å²) in [6.07, 6.45) is 1.11. The Morgan fingerprint density at radius 3 is 1.35 bits per heavy atom. The Bertz CT molecular complexity index is 1750. The number of nitrogens with one attached hydrogen (secondary N) is 2. The van der Waals surface area contributed by atoms with E-state index in [9.17, 15) is 9.59 Å². The molecule has 48 heavy (non-hydrogen) atoms. The summed E-state index contributed by atoms with van der Waals surface area (Å²) in [5.74, 6) is 1.36. The van der Waals surface area contributed by atoms with Gasteiger partial charge in [-0.05, 0) is 72.5 Å². The van der Waals surface area contributed by atoms with Crippen LogP contribution in [-0.2, 0) is 0 Å². The van der Waals surface area contributed by atoms with Crippen molar-refractivity contribution >= 4 is 46.4 Å². The first-order valence-corrected chi connectivity index (χ1v) is 16.5. The molecule has 4 aliphatic heterocycles. The normalized spacial score (nSPS) is 22.0. The largest absolute Gasteiger partial charge is 0.497 e. The van der Waals surface area contributed by atoms with E-state index in [2.05, 4.69) is 20.4 Å². The molecule has 4 aromatic carbocycles. The highest BCUT2D eigenvalue weighted by molar-refractivity contribution is 6.32. The van der Waals surface area contributed by atoms with Crippen molar-refractivity contribution in [1.29, 1.82) is 0 Å². The fourth-order valence-corrected chi connectivity index (χ4v) is 7.69. The molecule has 10 nitrogen and oxygen atoms in total. The van der Waals surface area contributed by atoms with E-state index in [0.29, 0.717) is 21.2 Å². The predicted octanol–water partition coefficient (Wildman–Crippen LogP) is 6.00. The number of carbonyl (C=O) groups excluding carboxylic acids is 2. The third-order valence-electron chi connectivity index (χ3n) is 9.52. The smallest absolute Gasteiger partial charge is 0.255 e. The van der Waals surface area contributed by atoms with Gasteiger partial charge in [0.2, 0.25) is 0 Å². The number of hydrogen-bond donors (Lipinski definition) is 4. The lowest BCUT2D eigenvalue weighted by atomic mass is 9.90. The number of methoxy groups -OCH3 is 2. The summed E-state index contributed by atoms with van der Waals surface area (Å²) in [5.41, 5.74) is 19.3. The Morgan fingerprint density at radius 1 is 0.625 bits per heavy atom. The maximum Gasteiger partial charge on any atom is 0.255 e. The predicted molar refractivity (Wildman–Crippen MR) is 187 cm³/mol. The Hall–Kier alpha value is -4.48. The van der Waals surface area contributed by atoms with Crippen molar-refractivity contribution in [3.63, 3.8) is 0 Å². The summed E-state index contributed by atoms with van der Waals surface area (Å²) < 4.78 is 10.4. The highest BCUT2D eigenvalue weighted by atomic mass is 35.5. The summed E-state index contributed by atoms with van der Waals surface area (Å²) >= 11 is 12.8. The molecule has 248 valence electrons. The molecule has 4 atom stereocenters. The van der Waals surface area contributed by atoms with Gasteiger partial charge >= 0.3 is 0 Å². The van der Waals surface area contributed by atoms with Crippen LogP contribution in [-0.4, -0.2) is 39.1 Å². The second kappa shape index (κ2) is 12.9. The molecule has 4 heterocycles. The van der Waals surface area contributed by atoms with Crippen LogP contribution < -0.4 is 41.4 Å². The molecule has 0 radical (unpaired) electrons. The van der Waals surface area contributed by atoms with Crippen molar-refractivity contribution in [1.82, 2.24) is 10.6 Å². The minimum atomic E-state index is -0.236. The van der Waals surface area contributed by atoms with Crippen molar-refractivity contribution in [2.75, 3.05) is 37.1 Å². The van der Waals surface area contributed by atoms with Gasteiger partial charge in [0.1, 0.15) is 23.8 Å². The topological polar surface area (TPSA) is 135 Å². The maximum absolute atomic E-state index is 12.6. The van der Waals surface area contributed by atoms with Crippen LogP contribution in [0.25, 0.3) is 0 Å². The molecular weight excluding hydrogens is 651 g/mol. The molecule has 0 aliphatic carbocycles. The average Bonchev–Trinajstić information content (AvgIpc) is 3.10. The summed E-state index contributed by atoms with van der Waals surface area (Å²) in [7, 11) is 3.27. The van der Waals surface area contributed by atoms with Gasteiger partial charge in [-0.2, -0.15) is 0 Å². The average molecular weight is 688 g/mol. The summed E-state index contributed by atoms with van der Waals surface area (Å²) in [6.45, 7) is 1.52. The third-order valence-corrected chi connectivity index (χ3v) is 10.2. The molecule has 0 saturated heterocycles. The highest BCUT2D eigenvalue weighted by Gasteiger charge is 2.39. The van der Waals surface area contributed by atoms with Crippen LogP contribution in [0.4, 0.5) is 11.4 Å².